The molecule has 7 heteroatoms. The Bertz CT molecular complexity index is 716. The first kappa shape index (κ1) is 18.8. The normalized spacial score (nSPS) is 11.5. The van der Waals surface area contributed by atoms with E-state index < -0.39 is 0 Å². The van der Waals surface area contributed by atoms with Gasteiger partial charge in [0.05, 0.1) is 26.2 Å². The van der Waals surface area contributed by atoms with Gasteiger partial charge in [0.2, 0.25) is 11.8 Å². The molecular formula is C18H22N2O4S. The van der Waals surface area contributed by atoms with E-state index >= 15 is 0 Å². The highest BCUT2D eigenvalue weighted by Gasteiger charge is 2.18. The Balaban J connectivity index is 2.06. The molecule has 0 bridgehead atoms. The van der Waals surface area contributed by atoms with Crippen LogP contribution in [0.5, 0.6) is 11.5 Å². The number of nitrogens with one attached hydrogen (secondary N) is 2. The van der Waals surface area contributed by atoms with Crippen molar-refractivity contribution in [3.8, 4) is 11.5 Å². The molecule has 2 rings (SSSR count). The molecule has 2 N–H and O–H groups in total. The van der Waals surface area contributed by atoms with Crippen molar-refractivity contribution >= 4 is 28.8 Å². The molecule has 0 aliphatic heterocycles. The quantitative estimate of drug-likeness (QED) is 0.755. The van der Waals surface area contributed by atoms with E-state index in [0.717, 1.165) is 4.88 Å². The average Bonchev–Trinajstić information content (AvgIpc) is 3.10. The van der Waals surface area contributed by atoms with E-state index in [1.807, 2.05) is 24.4 Å². The summed E-state index contributed by atoms with van der Waals surface area (Å²) < 4.78 is 10.7. The monoisotopic (exact) mass is 362 g/mol. The molecule has 6 nitrogen and oxygen atoms in total. The Hall–Kier alpha value is -2.54. The lowest BCUT2D eigenvalue weighted by Gasteiger charge is -2.17. The molecule has 1 aromatic carbocycles. The Kier molecular flexibility index (Phi) is 6.82. The molecule has 0 fully saturated rings. The van der Waals surface area contributed by atoms with Gasteiger partial charge in [0.1, 0.15) is 0 Å². The molecule has 134 valence electrons. The Morgan fingerprint density at radius 2 is 2.04 bits per heavy atom. The molecule has 0 spiro atoms. The molecule has 0 radical (unpaired) electrons. The van der Waals surface area contributed by atoms with Crippen LogP contribution >= 0.6 is 11.3 Å². The van der Waals surface area contributed by atoms with Crippen molar-refractivity contribution in [2.45, 2.75) is 26.3 Å². The van der Waals surface area contributed by atoms with Crippen LogP contribution in [0.25, 0.3) is 0 Å². The van der Waals surface area contributed by atoms with Crippen molar-refractivity contribution in [3.05, 3.63) is 40.6 Å². The van der Waals surface area contributed by atoms with Gasteiger partial charge in [-0.2, -0.15) is 0 Å². The number of anilines is 1. The van der Waals surface area contributed by atoms with E-state index in [-0.39, 0.29) is 24.3 Å². The summed E-state index contributed by atoms with van der Waals surface area (Å²) >= 11 is 1.50. The lowest BCUT2D eigenvalue weighted by atomic mass is 10.1. The summed E-state index contributed by atoms with van der Waals surface area (Å²) in [6, 6.07) is 8.67. The maximum Gasteiger partial charge on any atom is 0.226 e. The standard InChI is InChI=1S/C18H22N2O4S/c1-4-24-15-8-7-13(10-16(15)23-3)20-18(22)11-14(19-12(2)21)17-6-5-9-25-17/h5-10,14H,4,11H2,1-3H3,(H,19,21)(H,20,22)/t14-/m1/s1. The molecule has 0 aliphatic carbocycles. The molecule has 0 saturated heterocycles. The van der Waals surface area contributed by atoms with Crippen LogP contribution in [0.2, 0.25) is 0 Å². The van der Waals surface area contributed by atoms with E-state index in [4.69, 9.17) is 9.47 Å². The van der Waals surface area contributed by atoms with Crippen LogP contribution in [0.3, 0.4) is 0 Å². The van der Waals surface area contributed by atoms with Crippen LogP contribution in [0, 0.1) is 0 Å². The molecule has 0 aliphatic rings. The zero-order valence-electron chi connectivity index (χ0n) is 14.5. The van der Waals surface area contributed by atoms with E-state index in [1.54, 1.807) is 25.3 Å². The molecule has 1 aromatic heterocycles. The number of thiophene rings is 1. The van der Waals surface area contributed by atoms with Crippen LogP contribution < -0.4 is 20.1 Å². The number of amides is 2. The average molecular weight is 362 g/mol. The second-order valence-electron chi connectivity index (χ2n) is 5.32. The van der Waals surface area contributed by atoms with Gasteiger partial charge >= 0.3 is 0 Å². The molecular weight excluding hydrogens is 340 g/mol. The third-order valence-electron chi connectivity index (χ3n) is 3.40. The van der Waals surface area contributed by atoms with Gasteiger partial charge in [0.25, 0.3) is 0 Å². The molecule has 2 amide bonds. The van der Waals surface area contributed by atoms with Gasteiger partial charge in [-0.25, -0.2) is 0 Å². The molecule has 0 saturated carbocycles. The van der Waals surface area contributed by atoms with Gasteiger partial charge < -0.3 is 20.1 Å². The number of ether oxygens (including phenoxy) is 2. The molecule has 1 atom stereocenters. The number of rotatable bonds is 8. The van der Waals surface area contributed by atoms with Crippen LogP contribution in [0.15, 0.2) is 35.7 Å². The summed E-state index contributed by atoms with van der Waals surface area (Å²) in [5.41, 5.74) is 0.609. The third-order valence-corrected chi connectivity index (χ3v) is 4.39. The first-order chi connectivity index (χ1) is 12.0. The Morgan fingerprint density at radius 3 is 2.64 bits per heavy atom. The zero-order chi connectivity index (χ0) is 18.2. The summed E-state index contributed by atoms with van der Waals surface area (Å²) in [6.07, 6.45) is 0.148. The summed E-state index contributed by atoms with van der Waals surface area (Å²) in [6.45, 7) is 3.86. The van der Waals surface area contributed by atoms with Crippen LogP contribution in [0.1, 0.15) is 31.2 Å². The molecule has 1 heterocycles. The molecule has 25 heavy (non-hydrogen) atoms. The highest BCUT2D eigenvalue weighted by molar-refractivity contribution is 7.10. The van der Waals surface area contributed by atoms with Crippen LogP contribution in [-0.2, 0) is 9.59 Å². The van der Waals surface area contributed by atoms with Crippen LogP contribution in [-0.4, -0.2) is 25.5 Å². The van der Waals surface area contributed by atoms with Crippen molar-refractivity contribution in [3.63, 3.8) is 0 Å². The van der Waals surface area contributed by atoms with Crippen LogP contribution in [0.4, 0.5) is 5.69 Å². The van der Waals surface area contributed by atoms with Crippen molar-refractivity contribution in [1.82, 2.24) is 5.32 Å². The Morgan fingerprint density at radius 1 is 1.24 bits per heavy atom. The Labute approximate surface area is 151 Å². The molecule has 2 aromatic rings. The number of benzene rings is 1. The number of hydrogen-bond acceptors (Lipinski definition) is 5. The van der Waals surface area contributed by atoms with E-state index in [9.17, 15) is 9.59 Å². The van der Waals surface area contributed by atoms with Gasteiger partial charge in [-0.15, -0.1) is 11.3 Å². The predicted octanol–water partition coefficient (Wildman–Crippen LogP) is 3.36. The first-order valence-electron chi connectivity index (χ1n) is 7.94. The zero-order valence-corrected chi connectivity index (χ0v) is 15.3. The number of hydrogen-bond donors (Lipinski definition) is 2. The summed E-state index contributed by atoms with van der Waals surface area (Å²) in [5, 5.41) is 7.56. The van der Waals surface area contributed by atoms with Crippen molar-refractivity contribution < 1.29 is 19.1 Å². The van der Waals surface area contributed by atoms with Crippen molar-refractivity contribution in [1.29, 1.82) is 0 Å². The largest absolute Gasteiger partial charge is 0.493 e. The van der Waals surface area contributed by atoms with Crippen molar-refractivity contribution in [2.24, 2.45) is 0 Å². The smallest absolute Gasteiger partial charge is 0.226 e. The lowest BCUT2D eigenvalue weighted by Crippen LogP contribution is -2.29. The SMILES string of the molecule is CCOc1ccc(NC(=O)C[C@@H](NC(C)=O)c2cccs2)cc1OC. The third kappa shape index (κ3) is 5.49. The lowest BCUT2D eigenvalue weighted by molar-refractivity contribution is -0.120. The van der Waals surface area contributed by atoms with Gasteiger partial charge in [-0.05, 0) is 30.5 Å². The second kappa shape index (κ2) is 9.08. The highest BCUT2D eigenvalue weighted by atomic mass is 32.1. The van der Waals surface area contributed by atoms with Gasteiger partial charge in [-0.1, -0.05) is 6.07 Å². The van der Waals surface area contributed by atoms with E-state index in [2.05, 4.69) is 10.6 Å². The summed E-state index contributed by atoms with van der Waals surface area (Å²) in [4.78, 5) is 24.7. The first-order valence-corrected chi connectivity index (χ1v) is 8.82. The summed E-state index contributed by atoms with van der Waals surface area (Å²) in [7, 11) is 1.55. The fourth-order valence-corrected chi connectivity index (χ4v) is 3.15. The van der Waals surface area contributed by atoms with Gasteiger partial charge in [0, 0.05) is 23.6 Å². The minimum absolute atomic E-state index is 0.148. The van der Waals surface area contributed by atoms with Crippen molar-refractivity contribution in [2.75, 3.05) is 19.0 Å². The highest BCUT2D eigenvalue weighted by Crippen LogP contribution is 2.30. The van der Waals surface area contributed by atoms with E-state index in [0.29, 0.717) is 23.8 Å². The predicted molar refractivity (Wildman–Crippen MR) is 98.3 cm³/mol. The van der Waals surface area contributed by atoms with Gasteiger partial charge in [-0.3, -0.25) is 9.59 Å². The fourth-order valence-electron chi connectivity index (χ4n) is 2.38. The number of carbonyl (C=O) groups excluding carboxylic acids is 2. The summed E-state index contributed by atoms with van der Waals surface area (Å²) in [5.74, 6) is 0.807. The topological polar surface area (TPSA) is 76.7 Å². The van der Waals surface area contributed by atoms with E-state index in [1.165, 1.54) is 18.3 Å². The maximum atomic E-state index is 12.4. The minimum Gasteiger partial charge on any atom is -0.493 e. The molecule has 0 unspecified atom stereocenters. The van der Waals surface area contributed by atoms with Gasteiger partial charge in [0.15, 0.2) is 11.5 Å². The fraction of sp³-hybridized carbons (Fsp3) is 0.333. The second-order valence-corrected chi connectivity index (χ2v) is 6.30. The number of carbonyl (C=O) groups is 2. The minimum atomic E-state index is -0.345. The number of methoxy groups -OCH3 is 1. The maximum absolute atomic E-state index is 12.4.